The number of fused-ring (bicyclic) bond motifs is 2. The van der Waals surface area contributed by atoms with Crippen LogP contribution in [0.3, 0.4) is 0 Å². The Morgan fingerprint density at radius 3 is 2.78 bits per heavy atom. The normalized spacial score (nSPS) is 32.7. The molecule has 0 bridgehead atoms. The second-order valence-corrected chi connectivity index (χ2v) is 11.7. The van der Waals surface area contributed by atoms with Gasteiger partial charge in [-0.05, 0) is 56.7 Å². The number of anilines is 1. The number of esters is 1. The number of amides is 2. The van der Waals surface area contributed by atoms with Crippen LogP contribution in [0.4, 0.5) is 5.69 Å². The summed E-state index contributed by atoms with van der Waals surface area (Å²) in [4.78, 5) is 45.2. The lowest BCUT2D eigenvalue weighted by Gasteiger charge is -2.35. The Balaban J connectivity index is 1.60. The fraction of sp³-hybridized carbons (Fsp3) is 0.536. The van der Waals surface area contributed by atoms with Gasteiger partial charge in [-0.25, -0.2) is 0 Å². The molecule has 5 rings (SSSR count). The lowest BCUT2D eigenvalue weighted by molar-refractivity contribution is -0.153. The van der Waals surface area contributed by atoms with Gasteiger partial charge in [-0.2, -0.15) is 0 Å². The van der Waals surface area contributed by atoms with Gasteiger partial charge in [0.15, 0.2) is 0 Å². The minimum Gasteiger partial charge on any atom is -0.465 e. The minimum absolute atomic E-state index is 0.0281. The van der Waals surface area contributed by atoms with E-state index in [-0.39, 0.29) is 29.6 Å². The molecule has 5 atom stereocenters. The van der Waals surface area contributed by atoms with E-state index in [1.807, 2.05) is 50.3 Å². The van der Waals surface area contributed by atoms with Crippen molar-refractivity contribution in [1.29, 1.82) is 0 Å². The van der Waals surface area contributed by atoms with Gasteiger partial charge in [0.2, 0.25) is 5.91 Å². The third kappa shape index (κ3) is 4.08. The van der Waals surface area contributed by atoms with Gasteiger partial charge in [0.05, 0.1) is 23.2 Å². The summed E-state index contributed by atoms with van der Waals surface area (Å²) < 4.78 is 4.76. The predicted molar refractivity (Wildman–Crippen MR) is 140 cm³/mol. The average molecular weight is 511 g/mol. The van der Waals surface area contributed by atoms with Gasteiger partial charge < -0.3 is 19.6 Å². The van der Waals surface area contributed by atoms with E-state index >= 15 is 0 Å². The number of hydrogen-bond donors (Lipinski definition) is 1. The summed E-state index contributed by atoms with van der Waals surface area (Å²) in [6.45, 7) is 5.13. The van der Waals surface area contributed by atoms with Crippen LogP contribution in [0.25, 0.3) is 0 Å². The van der Waals surface area contributed by atoms with Crippen LogP contribution in [-0.4, -0.2) is 70.1 Å². The number of rotatable bonds is 5. The summed E-state index contributed by atoms with van der Waals surface area (Å²) >= 11 is 1.57. The van der Waals surface area contributed by atoms with Crippen molar-refractivity contribution >= 4 is 35.2 Å². The topological polar surface area (TPSA) is 87.2 Å². The zero-order valence-corrected chi connectivity index (χ0v) is 21.7. The van der Waals surface area contributed by atoms with Crippen molar-refractivity contribution in [1.82, 2.24) is 4.90 Å². The zero-order chi connectivity index (χ0) is 25.4. The molecular weight excluding hydrogens is 476 g/mol. The van der Waals surface area contributed by atoms with Crippen molar-refractivity contribution in [3.63, 3.8) is 0 Å². The first-order valence-corrected chi connectivity index (χ1v) is 13.8. The van der Waals surface area contributed by atoms with Gasteiger partial charge in [-0.15, -0.1) is 11.8 Å². The molecule has 0 saturated carbocycles. The first-order valence-electron chi connectivity index (χ1n) is 12.9. The Hall–Kier alpha value is -2.58. The van der Waals surface area contributed by atoms with Crippen LogP contribution in [-0.2, 0) is 19.1 Å². The molecule has 4 aliphatic rings. The van der Waals surface area contributed by atoms with Crippen molar-refractivity contribution in [2.24, 2.45) is 11.8 Å². The van der Waals surface area contributed by atoms with Crippen molar-refractivity contribution in [2.45, 2.75) is 55.6 Å². The van der Waals surface area contributed by atoms with Crippen molar-refractivity contribution in [3.05, 3.63) is 53.6 Å². The minimum atomic E-state index is -0.849. The molecule has 7 nitrogen and oxygen atoms in total. The number of carbonyl (C=O) groups is 3. The van der Waals surface area contributed by atoms with Crippen LogP contribution in [0.5, 0.6) is 0 Å². The maximum atomic E-state index is 14.4. The molecule has 4 aliphatic heterocycles. The van der Waals surface area contributed by atoms with E-state index in [0.29, 0.717) is 32.5 Å². The van der Waals surface area contributed by atoms with Crippen LogP contribution >= 0.6 is 11.8 Å². The van der Waals surface area contributed by atoms with Gasteiger partial charge in [0.1, 0.15) is 6.04 Å². The van der Waals surface area contributed by atoms with Gasteiger partial charge in [0.25, 0.3) is 5.91 Å². The first-order chi connectivity index (χ1) is 17.4. The van der Waals surface area contributed by atoms with Crippen molar-refractivity contribution in [3.8, 4) is 0 Å². The summed E-state index contributed by atoms with van der Waals surface area (Å²) in [5, 5.41) is 9.13. The Labute approximate surface area is 216 Å². The molecule has 0 aromatic heterocycles. The summed E-state index contributed by atoms with van der Waals surface area (Å²) in [6.07, 6.45) is 10.8. The second-order valence-electron chi connectivity index (χ2n) is 10.2. The third-order valence-corrected chi connectivity index (χ3v) is 9.56. The van der Waals surface area contributed by atoms with E-state index in [0.717, 1.165) is 29.7 Å². The Morgan fingerprint density at radius 1 is 1.14 bits per heavy atom. The Kier molecular flexibility index (Phi) is 7.01. The highest BCUT2D eigenvalue weighted by Crippen LogP contribution is 2.60. The molecular formula is C28H34N2O5S. The number of allylic oxidation sites excluding steroid dienone is 1. The highest BCUT2D eigenvalue weighted by molar-refractivity contribution is 8.02. The molecule has 2 saturated heterocycles. The molecule has 2 amide bonds. The third-order valence-electron chi connectivity index (χ3n) is 7.81. The monoisotopic (exact) mass is 510 g/mol. The van der Waals surface area contributed by atoms with Gasteiger partial charge >= 0.3 is 5.97 Å². The number of unbranched alkanes of at least 4 members (excludes halogenated alkanes) is 1. The van der Waals surface area contributed by atoms with Crippen LogP contribution in [0.15, 0.2) is 42.5 Å². The van der Waals surface area contributed by atoms with Crippen molar-refractivity contribution in [2.75, 3.05) is 31.2 Å². The molecule has 8 heteroatoms. The summed E-state index contributed by atoms with van der Waals surface area (Å²) in [6, 6.07) is 5.33. The molecule has 192 valence electrons. The smallest absolute Gasteiger partial charge is 0.311 e. The number of benzene rings is 1. The number of aliphatic hydroxyl groups is 1. The molecule has 1 N–H and O–H groups in total. The number of carbonyl (C=O) groups excluding carboxylic acids is 3. The summed E-state index contributed by atoms with van der Waals surface area (Å²) in [5.74, 6) is -1.93. The van der Waals surface area contributed by atoms with Gasteiger partial charge in [-0.3, -0.25) is 14.4 Å². The molecule has 1 unspecified atom stereocenters. The van der Waals surface area contributed by atoms with Crippen LogP contribution in [0.2, 0.25) is 0 Å². The lowest BCUT2D eigenvalue weighted by atomic mass is 9.78. The maximum absolute atomic E-state index is 14.4. The lowest BCUT2D eigenvalue weighted by Crippen LogP contribution is -2.53. The largest absolute Gasteiger partial charge is 0.465 e. The number of thioether (sulfide) groups is 1. The fourth-order valence-electron chi connectivity index (χ4n) is 6.11. The number of hydrogen-bond acceptors (Lipinski definition) is 6. The van der Waals surface area contributed by atoms with E-state index in [1.165, 1.54) is 0 Å². The SMILES string of the molecule is Cc1ccc(C)c(N2CC=C[C@]34S[C@H]5/C=C\CCCOC(=O)[C@H]5[C@H]3C(=O)N(CCCCO)C4C2=O)c1. The Morgan fingerprint density at radius 2 is 1.97 bits per heavy atom. The molecule has 1 spiro atoms. The standard InChI is InChI=1S/C28H34N2O5S/c1-18-10-11-19(2)20(17-18)29-14-8-12-28-23(22-21(36-28)9-4-3-7-16-35-27(22)34)25(32)30(13-5-6-15-31)24(28)26(29)33/h4,8-12,17,21-24,31H,3,5-7,13-16H2,1-2H3/b9-4-/t21-,22+,23-,24?,28-/m0/s1. The highest BCUT2D eigenvalue weighted by atomic mass is 32.2. The van der Waals surface area contributed by atoms with Crippen LogP contribution in [0, 0.1) is 25.7 Å². The molecule has 2 fully saturated rings. The number of aryl methyl sites for hydroxylation is 2. The van der Waals surface area contributed by atoms with Crippen LogP contribution < -0.4 is 4.90 Å². The fourth-order valence-corrected chi connectivity index (χ4v) is 8.12. The zero-order valence-electron chi connectivity index (χ0n) is 20.9. The number of nitrogens with zero attached hydrogens (tertiary/aromatic N) is 2. The van der Waals surface area contributed by atoms with Crippen LogP contribution in [0.1, 0.15) is 36.8 Å². The molecule has 1 aromatic rings. The molecule has 0 aliphatic carbocycles. The van der Waals surface area contributed by atoms with E-state index in [4.69, 9.17) is 4.74 Å². The van der Waals surface area contributed by atoms with Gasteiger partial charge in [0, 0.05) is 30.6 Å². The maximum Gasteiger partial charge on any atom is 0.311 e. The molecule has 4 heterocycles. The highest BCUT2D eigenvalue weighted by Gasteiger charge is 2.70. The number of likely N-dealkylation sites (tertiary alicyclic amines) is 1. The van der Waals surface area contributed by atoms with E-state index in [1.54, 1.807) is 21.6 Å². The van der Waals surface area contributed by atoms with E-state index in [2.05, 4.69) is 6.08 Å². The number of aliphatic hydroxyl groups excluding tert-OH is 1. The van der Waals surface area contributed by atoms with Crippen molar-refractivity contribution < 1.29 is 24.2 Å². The summed E-state index contributed by atoms with van der Waals surface area (Å²) in [7, 11) is 0. The quantitative estimate of drug-likeness (QED) is 0.372. The number of ether oxygens (including phenoxy) is 1. The van der Waals surface area contributed by atoms with E-state index in [9.17, 15) is 19.5 Å². The molecule has 1 aromatic carbocycles. The Bertz CT molecular complexity index is 1120. The molecule has 0 radical (unpaired) electrons. The first kappa shape index (κ1) is 25.1. The number of cyclic esters (lactones) is 1. The van der Waals surface area contributed by atoms with Gasteiger partial charge in [-0.1, -0.05) is 36.4 Å². The second kappa shape index (κ2) is 10.1. The predicted octanol–water partition coefficient (Wildman–Crippen LogP) is 3.17. The molecule has 36 heavy (non-hydrogen) atoms. The average Bonchev–Trinajstić information content (AvgIpc) is 3.26. The van der Waals surface area contributed by atoms with E-state index < -0.39 is 22.6 Å². The summed E-state index contributed by atoms with van der Waals surface area (Å²) in [5.41, 5.74) is 2.90.